The van der Waals surface area contributed by atoms with Crippen molar-refractivity contribution >= 4 is 30.1 Å². The fourth-order valence-corrected chi connectivity index (χ4v) is 4.48. The van der Waals surface area contributed by atoms with Crippen molar-refractivity contribution in [3.8, 4) is 0 Å². The van der Waals surface area contributed by atoms with Crippen LogP contribution in [0.3, 0.4) is 0 Å². The van der Waals surface area contributed by atoms with E-state index in [1.165, 1.54) is 17.7 Å². The Bertz CT molecular complexity index is 526. The maximum atomic E-state index is 12.8. The van der Waals surface area contributed by atoms with Crippen molar-refractivity contribution in [2.75, 3.05) is 33.4 Å². The molecule has 0 radical (unpaired) electrons. The predicted octanol–water partition coefficient (Wildman–Crippen LogP) is 2.87. The Morgan fingerprint density at radius 1 is 1.21 bits per heavy atom. The Hall–Kier alpha value is -0.750. The van der Waals surface area contributed by atoms with E-state index in [1.54, 1.807) is 7.11 Å². The van der Waals surface area contributed by atoms with E-state index in [1.807, 2.05) is 17.8 Å². The summed E-state index contributed by atoms with van der Waals surface area (Å²) in [6.07, 6.45) is 4.05. The second kappa shape index (κ2) is 8.56. The second-order valence-electron chi connectivity index (χ2n) is 6.74. The van der Waals surface area contributed by atoms with Gasteiger partial charge in [-0.15, -0.1) is 24.2 Å². The van der Waals surface area contributed by atoms with Crippen LogP contribution in [0.15, 0.2) is 35.2 Å². The molecular weight excluding hydrogens is 344 g/mol. The summed E-state index contributed by atoms with van der Waals surface area (Å²) in [5.74, 6) is 0.167. The van der Waals surface area contributed by atoms with Gasteiger partial charge in [0.2, 0.25) is 5.91 Å². The Kier molecular flexibility index (Phi) is 6.99. The SMILES string of the molecule is COCC1(C(=O)NCC2(Sc3ccccc3)CC2)CCNCC1.Cl. The van der Waals surface area contributed by atoms with Gasteiger partial charge in [0.15, 0.2) is 0 Å². The van der Waals surface area contributed by atoms with Gasteiger partial charge in [-0.1, -0.05) is 18.2 Å². The van der Waals surface area contributed by atoms with Gasteiger partial charge in [-0.2, -0.15) is 0 Å². The number of thioether (sulfide) groups is 1. The molecule has 1 aliphatic carbocycles. The average Bonchev–Trinajstić information content (AvgIpc) is 3.34. The molecule has 4 nitrogen and oxygen atoms in total. The summed E-state index contributed by atoms with van der Waals surface area (Å²) in [5.41, 5.74) is -0.354. The summed E-state index contributed by atoms with van der Waals surface area (Å²) >= 11 is 1.90. The van der Waals surface area contributed by atoms with Gasteiger partial charge in [-0.05, 0) is 50.9 Å². The number of hydrogen-bond acceptors (Lipinski definition) is 4. The van der Waals surface area contributed by atoms with Crippen LogP contribution in [0.25, 0.3) is 0 Å². The van der Waals surface area contributed by atoms with Crippen LogP contribution in [0.5, 0.6) is 0 Å². The third kappa shape index (κ3) is 4.66. The zero-order chi connectivity index (χ0) is 16.2. The van der Waals surface area contributed by atoms with Gasteiger partial charge in [-0.3, -0.25) is 4.79 Å². The molecule has 0 aromatic heterocycles. The van der Waals surface area contributed by atoms with Crippen molar-refractivity contribution < 1.29 is 9.53 Å². The van der Waals surface area contributed by atoms with Crippen LogP contribution in [0, 0.1) is 5.41 Å². The molecule has 1 amide bonds. The van der Waals surface area contributed by atoms with Crippen LogP contribution in [0.1, 0.15) is 25.7 Å². The highest BCUT2D eigenvalue weighted by Gasteiger charge is 2.46. The predicted molar refractivity (Wildman–Crippen MR) is 101 cm³/mol. The Balaban J connectivity index is 0.00000208. The molecule has 2 N–H and O–H groups in total. The average molecular weight is 371 g/mol. The van der Waals surface area contributed by atoms with Gasteiger partial charge in [0.1, 0.15) is 0 Å². The molecule has 1 saturated heterocycles. The molecule has 6 heteroatoms. The van der Waals surface area contributed by atoms with E-state index in [4.69, 9.17) is 4.74 Å². The van der Waals surface area contributed by atoms with E-state index in [0.717, 1.165) is 32.5 Å². The highest BCUT2D eigenvalue weighted by Crippen LogP contribution is 2.51. The molecular formula is C18H27ClN2O2S. The van der Waals surface area contributed by atoms with Crippen molar-refractivity contribution in [1.82, 2.24) is 10.6 Å². The number of rotatable bonds is 7. The van der Waals surface area contributed by atoms with Gasteiger partial charge in [-0.25, -0.2) is 0 Å². The minimum absolute atomic E-state index is 0. The van der Waals surface area contributed by atoms with Crippen LogP contribution in [-0.2, 0) is 9.53 Å². The Morgan fingerprint density at radius 2 is 1.88 bits per heavy atom. The van der Waals surface area contributed by atoms with Crippen LogP contribution < -0.4 is 10.6 Å². The lowest BCUT2D eigenvalue weighted by molar-refractivity contribution is -0.136. The van der Waals surface area contributed by atoms with E-state index in [9.17, 15) is 4.79 Å². The number of carbonyl (C=O) groups excluding carboxylic acids is 1. The molecule has 0 unspecified atom stereocenters. The first-order valence-electron chi connectivity index (χ1n) is 8.40. The number of piperidine rings is 1. The molecule has 1 aromatic rings. The molecule has 1 saturated carbocycles. The Morgan fingerprint density at radius 3 is 2.46 bits per heavy atom. The molecule has 1 aliphatic heterocycles. The number of nitrogens with one attached hydrogen (secondary N) is 2. The maximum Gasteiger partial charge on any atom is 0.228 e. The van der Waals surface area contributed by atoms with Crippen molar-refractivity contribution in [2.45, 2.75) is 35.3 Å². The highest BCUT2D eigenvalue weighted by atomic mass is 35.5. The summed E-state index contributed by atoms with van der Waals surface area (Å²) in [6, 6.07) is 10.5. The molecule has 1 aromatic carbocycles. The van der Waals surface area contributed by atoms with Gasteiger partial charge in [0.05, 0.1) is 12.0 Å². The maximum absolute atomic E-state index is 12.8. The van der Waals surface area contributed by atoms with E-state index in [0.29, 0.717) is 6.61 Å². The number of benzene rings is 1. The summed E-state index contributed by atoms with van der Waals surface area (Å²) in [4.78, 5) is 14.1. The summed E-state index contributed by atoms with van der Waals surface area (Å²) in [5, 5.41) is 6.56. The molecule has 1 heterocycles. The number of amides is 1. The number of ether oxygens (including phenoxy) is 1. The molecule has 0 spiro atoms. The van der Waals surface area contributed by atoms with Crippen molar-refractivity contribution in [2.24, 2.45) is 5.41 Å². The topological polar surface area (TPSA) is 50.4 Å². The lowest BCUT2D eigenvalue weighted by Crippen LogP contribution is -2.51. The van der Waals surface area contributed by atoms with Gasteiger partial charge in [0.25, 0.3) is 0 Å². The number of hydrogen-bond donors (Lipinski definition) is 2. The number of methoxy groups -OCH3 is 1. The second-order valence-corrected chi connectivity index (χ2v) is 8.29. The minimum Gasteiger partial charge on any atom is -0.384 e. The summed E-state index contributed by atoms with van der Waals surface area (Å²) in [7, 11) is 1.69. The first kappa shape index (κ1) is 19.6. The van der Waals surface area contributed by atoms with Crippen molar-refractivity contribution in [1.29, 1.82) is 0 Å². The van der Waals surface area contributed by atoms with E-state index < -0.39 is 0 Å². The van der Waals surface area contributed by atoms with Crippen LogP contribution >= 0.6 is 24.2 Å². The fourth-order valence-electron chi connectivity index (χ4n) is 3.24. The zero-order valence-corrected chi connectivity index (χ0v) is 15.8. The fraction of sp³-hybridized carbons (Fsp3) is 0.611. The zero-order valence-electron chi connectivity index (χ0n) is 14.2. The molecule has 134 valence electrons. The van der Waals surface area contributed by atoms with E-state index >= 15 is 0 Å². The quantitative estimate of drug-likeness (QED) is 0.774. The molecule has 2 aliphatic rings. The standard InChI is InChI=1S/C18H26N2O2S.ClH/c1-22-14-17(9-11-19-12-10-17)16(21)20-13-18(7-8-18)23-15-5-3-2-4-6-15;/h2-6,19H,7-14H2,1H3,(H,20,21);1H. The van der Waals surface area contributed by atoms with Gasteiger partial charge in [0, 0.05) is 23.3 Å². The number of halogens is 1. The molecule has 0 atom stereocenters. The molecule has 24 heavy (non-hydrogen) atoms. The monoisotopic (exact) mass is 370 g/mol. The van der Waals surface area contributed by atoms with Crippen LogP contribution in [0.4, 0.5) is 0 Å². The van der Waals surface area contributed by atoms with Crippen molar-refractivity contribution in [3.05, 3.63) is 30.3 Å². The highest BCUT2D eigenvalue weighted by molar-refractivity contribution is 8.01. The van der Waals surface area contributed by atoms with Gasteiger partial charge >= 0.3 is 0 Å². The third-order valence-corrected chi connectivity index (χ3v) is 6.41. The minimum atomic E-state index is -0.354. The normalized spacial score (nSPS) is 20.7. The van der Waals surface area contributed by atoms with Crippen LogP contribution in [0.2, 0.25) is 0 Å². The number of carbonyl (C=O) groups is 1. The van der Waals surface area contributed by atoms with E-state index in [-0.39, 0.29) is 28.5 Å². The lowest BCUT2D eigenvalue weighted by atomic mass is 9.78. The Labute approximate surface area is 154 Å². The molecule has 0 bridgehead atoms. The smallest absolute Gasteiger partial charge is 0.228 e. The molecule has 3 rings (SSSR count). The van der Waals surface area contributed by atoms with Gasteiger partial charge < -0.3 is 15.4 Å². The van der Waals surface area contributed by atoms with Crippen LogP contribution in [-0.4, -0.2) is 44.0 Å². The summed E-state index contributed by atoms with van der Waals surface area (Å²) in [6.45, 7) is 3.05. The molecule has 2 fully saturated rings. The third-order valence-electron chi connectivity index (χ3n) is 4.92. The largest absolute Gasteiger partial charge is 0.384 e. The lowest BCUT2D eigenvalue weighted by Gasteiger charge is -2.36. The van der Waals surface area contributed by atoms with E-state index in [2.05, 4.69) is 34.9 Å². The van der Waals surface area contributed by atoms with Crippen molar-refractivity contribution in [3.63, 3.8) is 0 Å². The first-order valence-corrected chi connectivity index (χ1v) is 9.22. The first-order chi connectivity index (χ1) is 11.2. The summed E-state index contributed by atoms with van der Waals surface area (Å²) < 4.78 is 5.55.